The molecule has 13 heavy (non-hydrogen) atoms. The Bertz CT molecular complexity index is 466. The fraction of sp³-hybridized carbons (Fsp3) is 0.111. The summed E-state index contributed by atoms with van der Waals surface area (Å²) >= 11 is 0. The van der Waals surface area contributed by atoms with Crippen molar-refractivity contribution >= 4 is 9.84 Å². The lowest BCUT2D eigenvalue weighted by Crippen LogP contribution is -1.89. The standard InChI is InChI=1S/C9H7FO2S/c1-13(11,12)6-5-8-3-2-4-9(10)7-8/h2-4,7H,1H3. The van der Waals surface area contributed by atoms with Crippen LogP contribution in [-0.4, -0.2) is 14.7 Å². The van der Waals surface area contributed by atoms with E-state index in [1.807, 2.05) is 5.25 Å². The van der Waals surface area contributed by atoms with Gasteiger partial charge in [0, 0.05) is 10.8 Å². The first-order chi connectivity index (χ1) is 5.97. The van der Waals surface area contributed by atoms with Crippen molar-refractivity contribution in [3.63, 3.8) is 0 Å². The van der Waals surface area contributed by atoms with Gasteiger partial charge in [0.05, 0.1) is 6.26 Å². The molecule has 0 heterocycles. The smallest absolute Gasteiger partial charge is 0.214 e. The third-order valence-corrected chi connectivity index (χ3v) is 1.68. The Morgan fingerprint density at radius 1 is 1.38 bits per heavy atom. The van der Waals surface area contributed by atoms with Gasteiger partial charge in [-0.25, -0.2) is 12.8 Å². The summed E-state index contributed by atoms with van der Waals surface area (Å²) in [5.41, 5.74) is 0.352. The van der Waals surface area contributed by atoms with E-state index in [4.69, 9.17) is 0 Å². The maximum absolute atomic E-state index is 12.6. The second-order valence-electron chi connectivity index (χ2n) is 2.51. The number of halogens is 1. The molecule has 0 aliphatic rings. The predicted octanol–water partition coefficient (Wildman–Crippen LogP) is 1.18. The highest BCUT2D eigenvalue weighted by molar-refractivity contribution is 7.95. The summed E-state index contributed by atoms with van der Waals surface area (Å²) in [6.07, 6.45) is 0.999. The van der Waals surface area contributed by atoms with Gasteiger partial charge in [-0.15, -0.1) is 0 Å². The van der Waals surface area contributed by atoms with Gasteiger partial charge < -0.3 is 0 Å². The molecule has 0 fully saturated rings. The lowest BCUT2D eigenvalue weighted by atomic mass is 10.2. The lowest BCUT2D eigenvalue weighted by Gasteiger charge is -1.88. The molecule has 0 atom stereocenters. The zero-order valence-electron chi connectivity index (χ0n) is 6.91. The third kappa shape index (κ3) is 3.72. The van der Waals surface area contributed by atoms with Gasteiger partial charge >= 0.3 is 0 Å². The van der Waals surface area contributed by atoms with Gasteiger partial charge in [0.2, 0.25) is 9.84 Å². The molecule has 0 saturated heterocycles. The van der Waals surface area contributed by atoms with E-state index >= 15 is 0 Å². The van der Waals surface area contributed by atoms with Gasteiger partial charge in [-0.05, 0) is 24.1 Å². The van der Waals surface area contributed by atoms with Crippen molar-refractivity contribution in [2.45, 2.75) is 0 Å². The van der Waals surface area contributed by atoms with Crippen molar-refractivity contribution < 1.29 is 12.8 Å². The van der Waals surface area contributed by atoms with Crippen molar-refractivity contribution in [3.8, 4) is 11.2 Å². The quantitative estimate of drug-likeness (QED) is 0.586. The van der Waals surface area contributed by atoms with E-state index in [0.29, 0.717) is 5.56 Å². The summed E-state index contributed by atoms with van der Waals surface area (Å²) in [4.78, 5) is 0. The second-order valence-corrected chi connectivity index (χ2v) is 4.26. The maximum Gasteiger partial charge on any atom is 0.214 e. The average molecular weight is 198 g/mol. The van der Waals surface area contributed by atoms with E-state index in [-0.39, 0.29) is 0 Å². The predicted molar refractivity (Wildman–Crippen MR) is 48.1 cm³/mol. The molecule has 0 aromatic heterocycles. The van der Waals surface area contributed by atoms with Gasteiger partial charge in [0.25, 0.3) is 0 Å². The van der Waals surface area contributed by atoms with Crippen molar-refractivity contribution in [1.82, 2.24) is 0 Å². The zero-order chi connectivity index (χ0) is 9.90. The molecule has 0 radical (unpaired) electrons. The van der Waals surface area contributed by atoms with Crippen LogP contribution in [-0.2, 0) is 9.84 Å². The largest absolute Gasteiger partial charge is 0.216 e. The van der Waals surface area contributed by atoms with Crippen LogP contribution < -0.4 is 0 Å². The minimum atomic E-state index is -3.32. The van der Waals surface area contributed by atoms with E-state index in [1.165, 1.54) is 18.2 Å². The Labute approximate surface area is 76.3 Å². The SMILES string of the molecule is CS(=O)(=O)C#Cc1cccc(F)c1. The number of sulfone groups is 1. The van der Waals surface area contributed by atoms with Crippen LogP contribution in [0.25, 0.3) is 0 Å². The molecule has 0 aliphatic heterocycles. The van der Waals surface area contributed by atoms with E-state index < -0.39 is 15.7 Å². The highest BCUT2D eigenvalue weighted by Crippen LogP contribution is 2.01. The van der Waals surface area contributed by atoms with Crippen LogP contribution in [0, 0.1) is 17.0 Å². The molecule has 1 aromatic rings. The van der Waals surface area contributed by atoms with E-state index in [2.05, 4.69) is 5.92 Å². The molecular formula is C9H7FO2S. The first kappa shape index (κ1) is 9.75. The molecule has 0 bridgehead atoms. The summed E-state index contributed by atoms with van der Waals surface area (Å²) in [7, 11) is -3.32. The Kier molecular flexibility index (Phi) is 2.69. The van der Waals surface area contributed by atoms with Crippen LogP contribution in [0.1, 0.15) is 5.56 Å². The van der Waals surface area contributed by atoms with Gasteiger partial charge in [0.15, 0.2) is 0 Å². The number of hydrogen-bond acceptors (Lipinski definition) is 2. The molecular weight excluding hydrogens is 191 g/mol. The maximum atomic E-state index is 12.6. The molecule has 2 nitrogen and oxygen atoms in total. The fourth-order valence-corrected chi connectivity index (χ4v) is 1.02. The van der Waals surface area contributed by atoms with Crippen molar-refractivity contribution in [2.24, 2.45) is 0 Å². The van der Waals surface area contributed by atoms with Crippen LogP contribution in [0.5, 0.6) is 0 Å². The molecule has 0 amide bonds. The molecule has 4 heteroatoms. The van der Waals surface area contributed by atoms with Crippen molar-refractivity contribution in [2.75, 3.05) is 6.26 Å². The summed E-state index contributed by atoms with van der Waals surface area (Å²) < 4.78 is 33.8. The summed E-state index contributed by atoms with van der Waals surface area (Å²) in [5.74, 6) is 1.92. The fourth-order valence-electron chi connectivity index (χ4n) is 0.718. The highest BCUT2D eigenvalue weighted by Gasteiger charge is 1.93. The zero-order valence-corrected chi connectivity index (χ0v) is 7.73. The molecule has 0 unspecified atom stereocenters. The van der Waals surface area contributed by atoms with Gasteiger partial charge in [0.1, 0.15) is 5.82 Å². The first-order valence-corrected chi connectivity index (χ1v) is 5.35. The number of hydrogen-bond donors (Lipinski definition) is 0. The molecule has 1 aromatic carbocycles. The van der Waals surface area contributed by atoms with Gasteiger partial charge in [-0.3, -0.25) is 0 Å². The van der Waals surface area contributed by atoms with Crippen LogP contribution in [0.3, 0.4) is 0 Å². The van der Waals surface area contributed by atoms with Crippen molar-refractivity contribution in [3.05, 3.63) is 35.6 Å². The van der Waals surface area contributed by atoms with Gasteiger partial charge in [-0.1, -0.05) is 6.07 Å². The highest BCUT2D eigenvalue weighted by atomic mass is 32.2. The molecule has 68 valence electrons. The van der Waals surface area contributed by atoms with Crippen LogP contribution in [0.4, 0.5) is 4.39 Å². The van der Waals surface area contributed by atoms with Crippen LogP contribution in [0.2, 0.25) is 0 Å². The topological polar surface area (TPSA) is 34.1 Å². The van der Waals surface area contributed by atoms with E-state index in [9.17, 15) is 12.8 Å². The van der Waals surface area contributed by atoms with Crippen molar-refractivity contribution in [1.29, 1.82) is 0 Å². The molecule has 1 rings (SSSR count). The van der Waals surface area contributed by atoms with E-state index in [1.54, 1.807) is 6.07 Å². The van der Waals surface area contributed by atoms with Crippen LogP contribution in [0.15, 0.2) is 24.3 Å². The number of benzene rings is 1. The Balaban J connectivity index is 3.04. The molecule has 0 saturated carbocycles. The monoisotopic (exact) mass is 198 g/mol. The van der Waals surface area contributed by atoms with Gasteiger partial charge in [-0.2, -0.15) is 0 Å². The Morgan fingerprint density at radius 2 is 2.08 bits per heavy atom. The summed E-state index contributed by atoms with van der Waals surface area (Å²) in [5, 5.41) is 2.02. The molecule has 0 spiro atoms. The number of rotatable bonds is 0. The average Bonchev–Trinajstić information content (AvgIpc) is 2.00. The van der Waals surface area contributed by atoms with Crippen LogP contribution >= 0.6 is 0 Å². The Morgan fingerprint density at radius 3 is 2.62 bits per heavy atom. The lowest BCUT2D eigenvalue weighted by molar-refractivity contribution is 0.611. The minimum Gasteiger partial charge on any atom is -0.216 e. The minimum absolute atomic E-state index is 0.352. The second kappa shape index (κ2) is 3.58. The summed E-state index contributed by atoms with van der Waals surface area (Å²) in [6, 6.07) is 5.46. The normalized spacial score (nSPS) is 10.3. The van der Waals surface area contributed by atoms with E-state index in [0.717, 1.165) is 6.26 Å². The molecule has 0 N–H and O–H groups in total. The Hall–Kier alpha value is -1.34. The first-order valence-electron chi connectivity index (χ1n) is 3.46. The summed E-state index contributed by atoms with van der Waals surface area (Å²) in [6.45, 7) is 0. The molecule has 0 aliphatic carbocycles. The third-order valence-electron chi connectivity index (χ3n) is 1.21.